The molecule has 1 heterocycles. The maximum Gasteiger partial charge on any atom is 0.272 e. The van der Waals surface area contributed by atoms with Crippen LogP contribution in [0.1, 0.15) is 35.3 Å². The summed E-state index contributed by atoms with van der Waals surface area (Å²) in [5, 5.41) is 8.66. The summed E-state index contributed by atoms with van der Waals surface area (Å²) in [4.78, 5) is 18.3. The molecule has 0 unspecified atom stereocenters. The van der Waals surface area contributed by atoms with E-state index in [1.54, 1.807) is 23.2 Å². The minimum atomic E-state index is -0.110. The van der Waals surface area contributed by atoms with E-state index in [1.165, 1.54) is 0 Å². The molecule has 0 atom stereocenters. The molecule has 0 spiro atoms. The molecule has 2 N–H and O–H groups in total. The first-order valence-electron chi connectivity index (χ1n) is 6.59. The first-order valence-corrected chi connectivity index (χ1v) is 6.59. The Morgan fingerprint density at radius 2 is 2.30 bits per heavy atom. The number of rotatable bonds is 4. The lowest BCUT2D eigenvalue weighted by Crippen LogP contribution is -2.34. The summed E-state index contributed by atoms with van der Waals surface area (Å²) >= 11 is 0. The van der Waals surface area contributed by atoms with Gasteiger partial charge in [0.25, 0.3) is 5.91 Å². The monoisotopic (exact) mass is 268 g/mol. The summed E-state index contributed by atoms with van der Waals surface area (Å²) in [6, 6.07) is 5.78. The average Bonchev–Trinajstić information content (AvgIpc) is 3.30. The molecular weight excluding hydrogens is 252 g/mol. The van der Waals surface area contributed by atoms with Crippen molar-refractivity contribution in [2.45, 2.75) is 25.3 Å². The number of carbonyl (C=O) groups excluding carboxylic acids is 1. The number of hydrogen-bond acceptors (Lipinski definition) is 4. The van der Waals surface area contributed by atoms with Crippen molar-refractivity contribution in [3.05, 3.63) is 29.6 Å². The highest BCUT2D eigenvalue weighted by Gasteiger charge is 2.33. The summed E-state index contributed by atoms with van der Waals surface area (Å²) < 4.78 is 0. The fourth-order valence-corrected chi connectivity index (χ4v) is 1.90. The second-order valence-electron chi connectivity index (χ2n) is 4.58. The number of amides is 1. The molecule has 20 heavy (non-hydrogen) atoms. The van der Waals surface area contributed by atoms with Gasteiger partial charge in [-0.05, 0) is 25.0 Å². The minimum absolute atomic E-state index is 0.110. The molecule has 5 nitrogen and oxygen atoms in total. The predicted molar refractivity (Wildman–Crippen MR) is 74.5 cm³/mol. The van der Waals surface area contributed by atoms with E-state index < -0.39 is 0 Å². The SMILES string of the molecule is N#CCCN(C(=O)c1ccc(C#CCN)cn1)C1CC1. The standard InChI is InChI=1S/C15H16N4O/c16-8-1-3-12-4-7-14(18-11-12)15(20)19(10-2-9-17)13-5-6-13/h4,7,11,13H,2,5-6,8,10,16H2. The Labute approximate surface area is 118 Å². The van der Waals surface area contributed by atoms with Crippen molar-refractivity contribution in [3.8, 4) is 17.9 Å². The fourth-order valence-electron chi connectivity index (χ4n) is 1.90. The third-order valence-corrected chi connectivity index (χ3v) is 3.03. The van der Waals surface area contributed by atoms with Crippen LogP contribution >= 0.6 is 0 Å². The summed E-state index contributed by atoms with van der Waals surface area (Å²) in [6.07, 6.45) is 3.95. The van der Waals surface area contributed by atoms with Gasteiger partial charge in [-0.2, -0.15) is 5.26 Å². The molecule has 1 aliphatic rings. The Balaban J connectivity index is 2.09. The molecule has 0 aliphatic heterocycles. The summed E-state index contributed by atoms with van der Waals surface area (Å²) in [5.74, 6) is 5.49. The molecule has 1 fully saturated rings. The first-order chi connectivity index (χ1) is 9.76. The smallest absolute Gasteiger partial charge is 0.272 e. The molecule has 0 saturated heterocycles. The zero-order valence-electron chi connectivity index (χ0n) is 11.2. The van der Waals surface area contributed by atoms with Crippen molar-refractivity contribution < 1.29 is 4.79 Å². The van der Waals surface area contributed by atoms with E-state index >= 15 is 0 Å². The zero-order valence-corrected chi connectivity index (χ0v) is 11.2. The lowest BCUT2D eigenvalue weighted by Gasteiger charge is -2.20. The van der Waals surface area contributed by atoms with Gasteiger partial charge in [0, 0.05) is 24.3 Å². The molecule has 1 aromatic rings. The summed E-state index contributed by atoms with van der Waals surface area (Å²) in [7, 11) is 0. The highest BCUT2D eigenvalue weighted by atomic mass is 16.2. The van der Waals surface area contributed by atoms with Crippen molar-refractivity contribution in [1.29, 1.82) is 5.26 Å². The molecule has 2 rings (SSSR count). The van der Waals surface area contributed by atoms with Gasteiger partial charge in [0.1, 0.15) is 5.69 Å². The lowest BCUT2D eigenvalue weighted by molar-refractivity contribution is 0.0741. The largest absolute Gasteiger partial charge is 0.333 e. The Kier molecular flexibility index (Phi) is 4.70. The molecule has 0 aromatic carbocycles. The molecule has 1 amide bonds. The number of nitriles is 1. The third kappa shape index (κ3) is 3.57. The topological polar surface area (TPSA) is 83.0 Å². The number of hydrogen-bond donors (Lipinski definition) is 1. The molecule has 1 aromatic heterocycles. The van der Waals surface area contributed by atoms with Crippen LogP contribution in [0.4, 0.5) is 0 Å². The fraction of sp³-hybridized carbons (Fsp3) is 0.400. The van der Waals surface area contributed by atoms with Crippen LogP contribution in [0.3, 0.4) is 0 Å². The van der Waals surface area contributed by atoms with E-state index in [0.717, 1.165) is 18.4 Å². The third-order valence-electron chi connectivity index (χ3n) is 3.03. The number of carbonyl (C=O) groups is 1. The van der Waals surface area contributed by atoms with Gasteiger partial charge in [0.2, 0.25) is 0 Å². The van der Waals surface area contributed by atoms with Crippen molar-refractivity contribution in [2.24, 2.45) is 5.73 Å². The van der Waals surface area contributed by atoms with Gasteiger partial charge in [-0.25, -0.2) is 4.98 Å². The molecule has 1 saturated carbocycles. The second-order valence-corrected chi connectivity index (χ2v) is 4.58. The number of aromatic nitrogens is 1. The van der Waals surface area contributed by atoms with E-state index in [0.29, 0.717) is 25.2 Å². The normalized spacial score (nSPS) is 13.0. The molecule has 0 radical (unpaired) electrons. The van der Waals surface area contributed by atoms with Crippen molar-refractivity contribution in [3.63, 3.8) is 0 Å². The Morgan fingerprint density at radius 3 is 2.85 bits per heavy atom. The van der Waals surface area contributed by atoms with Crippen LogP contribution in [0.5, 0.6) is 0 Å². The van der Waals surface area contributed by atoms with Crippen LogP contribution in [0.2, 0.25) is 0 Å². The van der Waals surface area contributed by atoms with Crippen LogP contribution in [0.15, 0.2) is 18.3 Å². The van der Waals surface area contributed by atoms with Crippen LogP contribution in [-0.2, 0) is 0 Å². The Morgan fingerprint density at radius 1 is 1.50 bits per heavy atom. The zero-order chi connectivity index (χ0) is 14.4. The molecule has 102 valence electrons. The molecule has 0 bridgehead atoms. The predicted octanol–water partition coefficient (Wildman–Crippen LogP) is 0.910. The maximum atomic E-state index is 12.4. The number of nitrogens with zero attached hydrogens (tertiary/aromatic N) is 3. The van der Waals surface area contributed by atoms with E-state index in [2.05, 4.69) is 22.9 Å². The maximum absolute atomic E-state index is 12.4. The number of nitrogens with two attached hydrogens (primary N) is 1. The van der Waals surface area contributed by atoms with Gasteiger partial charge in [0.15, 0.2) is 0 Å². The summed E-state index contributed by atoms with van der Waals surface area (Å²) in [6.45, 7) is 0.765. The Bertz CT molecular complexity index is 573. The number of pyridine rings is 1. The minimum Gasteiger partial charge on any atom is -0.333 e. The van der Waals surface area contributed by atoms with Crippen LogP contribution in [0.25, 0.3) is 0 Å². The average molecular weight is 268 g/mol. The highest BCUT2D eigenvalue weighted by molar-refractivity contribution is 5.92. The van der Waals surface area contributed by atoms with Crippen molar-refractivity contribution in [2.75, 3.05) is 13.1 Å². The van der Waals surface area contributed by atoms with Gasteiger partial charge in [-0.3, -0.25) is 4.79 Å². The first kappa shape index (κ1) is 14.0. The highest BCUT2D eigenvalue weighted by Crippen LogP contribution is 2.28. The van der Waals surface area contributed by atoms with E-state index in [1.807, 2.05) is 0 Å². The van der Waals surface area contributed by atoms with E-state index in [9.17, 15) is 4.79 Å². The van der Waals surface area contributed by atoms with Gasteiger partial charge in [-0.1, -0.05) is 11.8 Å². The van der Waals surface area contributed by atoms with Gasteiger partial charge in [0.05, 0.1) is 19.0 Å². The van der Waals surface area contributed by atoms with Gasteiger partial charge < -0.3 is 10.6 Å². The van der Waals surface area contributed by atoms with Crippen molar-refractivity contribution >= 4 is 5.91 Å². The lowest BCUT2D eigenvalue weighted by atomic mass is 10.2. The summed E-state index contributed by atoms with van der Waals surface area (Å²) in [5.41, 5.74) is 6.43. The second kappa shape index (κ2) is 6.70. The molecule has 1 aliphatic carbocycles. The molecule has 5 heteroatoms. The Hall–Kier alpha value is -2.37. The van der Waals surface area contributed by atoms with Crippen LogP contribution < -0.4 is 5.73 Å². The van der Waals surface area contributed by atoms with Gasteiger partial charge >= 0.3 is 0 Å². The quantitative estimate of drug-likeness (QED) is 0.823. The van der Waals surface area contributed by atoms with Crippen molar-refractivity contribution in [1.82, 2.24) is 9.88 Å². The van der Waals surface area contributed by atoms with Gasteiger partial charge in [-0.15, -0.1) is 0 Å². The van der Waals surface area contributed by atoms with E-state index in [-0.39, 0.29) is 11.9 Å². The van der Waals surface area contributed by atoms with Crippen LogP contribution in [-0.4, -0.2) is 34.9 Å². The van der Waals surface area contributed by atoms with Crippen LogP contribution in [0, 0.1) is 23.2 Å². The van der Waals surface area contributed by atoms with E-state index in [4.69, 9.17) is 11.0 Å². The molecular formula is C15H16N4O.